The summed E-state index contributed by atoms with van der Waals surface area (Å²) in [6.07, 6.45) is 0. The molecule has 0 fully saturated rings. The molecule has 19 heavy (non-hydrogen) atoms. The van der Waals surface area contributed by atoms with Crippen molar-refractivity contribution in [1.82, 2.24) is 14.3 Å². The second-order valence-corrected chi connectivity index (χ2v) is 7.73. The Morgan fingerprint density at radius 3 is 2.74 bits per heavy atom. The van der Waals surface area contributed by atoms with E-state index < -0.39 is 15.3 Å². The van der Waals surface area contributed by atoms with E-state index in [9.17, 15) is 8.42 Å². The molecule has 0 aliphatic rings. The van der Waals surface area contributed by atoms with Crippen LogP contribution >= 0.6 is 11.6 Å². The smallest absolute Gasteiger partial charge is 0.216 e. The van der Waals surface area contributed by atoms with Crippen LogP contribution in [0.5, 0.6) is 0 Å². The Labute approximate surface area is 117 Å². The van der Waals surface area contributed by atoms with Crippen LogP contribution in [0, 0.1) is 0 Å². The number of halogens is 1. The van der Waals surface area contributed by atoms with Gasteiger partial charge in [0.2, 0.25) is 10.0 Å². The molecule has 2 rings (SSSR count). The first-order valence-electron chi connectivity index (χ1n) is 5.90. The standard InChI is InChI=1S/C12H16ClN3O2S/c1-8(2)19(17,18)16(3)7-12-14-10-5-4-9(13)6-11(10)15-12/h4-6,8H,7H2,1-3H3,(H,14,15). The molecule has 1 aromatic heterocycles. The number of hydrogen-bond acceptors (Lipinski definition) is 3. The van der Waals surface area contributed by atoms with Crippen LogP contribution in [-0.4, -0.2) is 35.0 Å². The molecule has 1 heterocycles. The molecule has 0 atom stereocenters. The van der Waals surface area contributed by atoms with Crippen LogP contribution in [-0.2, 0) is 16.6 Å². The Kier molecular flexibility index (Phi) is 3.85. The molecule has 1 aromatic carbocycles. The van der Waals surface area contributed by atoms with Gasteiger partial charge in [-0.2, -0.15) is 4.31 Å². The summed E-state index contributed by atoms with van der Waals surface area (Å²) in [5, 5.41) is 0.169. The molecule has 0 radical (unpaired) electrons. The molecule has 1 N–H and O–H groups in total. The van der Waals surface area contributed by atoms with Gasteiger partial charge >= 0.3 is 0 Å². The second-order valence-electron chi connectivity index (χ2n) is 4.69. The molecule has 0 bridgehead atoms. The van der Waals surface area contributed by atoms with Crippen molar-refractivity contribution in [3.8, 4) is 0 Å². The summed E-state index contributed by atoms with van der Waals surface area (Å²) in [4.78, 5) is 7.42. The monoisotopic (exact) mass is 301 g/mol. The van der Waals surface area contributed by atoms with Gasteiger partial charge < -0.3 is 4.98 Å². The lowest BCUT2D eigenvalue weighted by atomic mass is 10.3. The van der Waals surface area contributed by atoms with Crippen LogP contribution < -0.4 is 0 Å². The summed E-state index contributed by atoms with van der Waals surface area (Å²) in [5.41, 5.74) is 1.58. The Morgan fingerprint density at radius 1 is 1.42 bits per heavy atom. The first-order chi connectivity index (χ1) is 8.80. The van der Waals surface area contributed by atoms with Crippen molar-refractivity contribution in [2.75, 3.05) is 7.05 Å². The second kappa shape index (κ2) is 5.11. The summed E-state index contributed by atoms with van der Waals surface area (Å²) in [5.74, 6) is 0.601. The fraction of sp³-hybridized carbons (Fsp3) is 0.417. The zero-order chi connectivity index (χ0) is 14.2. The number of imidazole rings is 1. The Morgan fingerprint density at radius 2 is 2.11 bits per heavy atom. The van der Waals surface area contributed by atoms with Crippen molar-refractivity contribution in [1.29, 1.82) is 0 Å². The third-order valence-corrected chi connectivity index (χ3v) is 5.32. The van der Waals surface area contributed by atoms with Gasteiger partial charge in [-0.05, 0) is 32.0 Å². The summed E-state index contributed by atoms with van der Waals surface area (Å²) in [6.45, 7) is 3.53. The van der Waals surface area contributed by atoms with Crippen molar-refractivity contribution in [3.63, 3.8) is 0 Å². The van der Waals surface area contributed by atoms with Crippen LogP contribution in [0.25, 0.3) is 11.0 Å². The largest absolute Gasteiger partial charge is 0.341 e. The fourth-order valence-corrected chi connectivity index (χ4v) is 2.96. The number of aromatic nitrogens is 2. The number of benzene rings is 1. The molecule has 0 aliphatic carbocycles. The average Bonchev–Trinajstić information content (AvgIpc) is 2.69. The normalized spacial score (nSPS) is 12.7. The van der Waals surface area contributed by atoms with E-state index in [0.29, 0.717) is 10.8 Å². The molecule has 0 aliphatic heterocycles. The van der Waals surface area contributed by atoms with Gasteiger partial charge in [0.05, 0.1) is 22.8 Å². The third kappa shape index (κ3) is 2.91. The minimum atomic E-state index is -3.27. The van der Waals surface area contributed by atoms with Crippen LogP contribution in [0.15, 0.2) is 18.2 Å². The fourth-order valence-electron chi connectivity index (χ4n) is 1.77. The van der Waals surface area contributed by atoms with E-state index in [-0.39, 0.29) is 6.54 Å². The van der Waals surface area contributed by atoms with E-state index in [0.717, 1.165) is 11.0 Å². The quantitative estimate of drug-likeness (QED) is 0.943. The van der Waals surface area contributed by atoms with E-state index in [1.54, 1.807) is 39.1 Å². The molecule has 0 unspecified atom stereocenters. The van der Waals surface area contributed by atoms with Gasteiger partial charge in [0, 0.05) is 12.1 Å². The highest BCUT2D eigenvalue weighted by atomic mass is 35.5. The average molecular weight is 302 g/mol. The van der Waals surface area contributed by atoms with E-state index in [1.807, 2.05) is 0 Å². The number of fused-ring (bicyclic) bond motifs is 1. The first-order valence-corrected chi connectivity index (χ1v) is 7.78. The number of rotatable bonds is 4. The molecule has 0 saturated heterocycles. The van der Waals surface area contributed by atoms with Crippen LogP contribution in [0.4, 0.5) is 0 Å². The summed E-state index contributed by atoms with van der Waals surface area (Å²) < 4.78 is 25.2. The van der Waals surface area contributed by atoms with Gasteiger partial charge in [-0.3, -0.25) is 0 Å². The van der Waals surface area contributed by atoms with E-state index in [1.165, 1.54) is 4.31 Å². The summed E-state index contributed by atoms with van der Waals surface area (Å²) in [6, 6.07) is 5.32. The molecule has 7 heteroatoms. The van der Waals surface area contributed by atoms with Gasteiger partial charge in [0.15, 0.2) is 0 Å². The van der Waals surface area contributed by atoms with Crippen molar-refractivity contribution in [2.45, 2.75) is 25.6 Å². The van der Waals surface area contributed by atoms with Crippen molar-refractivity contribution < 1.29 is 8.42 Å². The molecule has 2 aromatic rings. The van der Waals surface area contributed by atoms with Gasteiger partial charge in [-0.25, -0.2) is 13.4 Å². The predicted molar refractivity (Wildman–Crippen MR) is 76.6 cm³/mol. The van der Waals surface area contributed by atoms with Gasteiger partial charge in [0.25, 0.3) is 0 Å². The molecule has 0 saturated carbocycles. The molecule has 5 nitrogen and oxygen atoms in total. The third-order valence-electron chi connectivity index (χ3n) is 2.90. The number of H-pyrrole nitrogens is 1. The number of nitrogens with one attached hydrogen (secondary N) is 1. The Balaban J connectivity index is 2.27. The van der Waals surface area contributed by atoms with Crippen molar-refractivity contribution >= 4 is 32.7 Å². The van der Waals surface area contributed by atoms with Gasteiger partial charge in [-0.1, -0.05) is 11.6 Å². The maximum absolute atomic E-state index is 12.0. The number of hydrogen-bond donors (Lipinski definition) is 1. The maximum Gasteiger partial charge on any atom is 0.216 e. The van der Waals surface area contributed by atoms with E-state index in [4.69, 9.17) is 11.6 Å². The van der Waals surface area contributed by atoms with Crippen molar-refractivity contribution in [2.24, 2.45) is 0 Å². The lowest BCUT2D eigenvalue weighted by Crippen LogP contribution is -2.32. The van der Waals surface area contributed by atoms with Crippen LogP contribution in [0.2, 0.25) is 5.02 Å². The van der Waals surface area contributed by atoms with Crippen molar-refractivity contribution in [3.05, 3.63) is 29.0 Å². The zero-order valence-electron chi connectivity index (χ0n) is 11.0. The molecule has 0 amide bonds. The molecule has 104 valence electrons. The summed E-state index contributed by atoms with van der Waals surface area (Å²) in [7, 11) is -1.72. The van der Waals surface area contributed by atoms with Gasteiger partial charge in [0.1, 0.15) is 5.82 Å². The molecule has 0 spiro atoms. The highest BCUT2D eigenvalue weighted by molar-refractivity contribution is 7.89. The first kappa shape index (κ1) is 14.3. The number of sulfonamides is 1. The maximum atomic E-state index is 12.0. The Hall–Kier alpha value is -1.11. The van der Waals surface area contributed by atoms with Crippen LogP contribution in [0.1, 0.15) is 19.7 Å². The highest BCUT2D eigenvalue weighted by Crippen LogP contribution is 2.18. The number of aromatic amines is 1. The lowest BCUT2D eigenvalue weighted by Gasteiger charge is -2.18. The highest BCUT2D eigenvalue weighted by Gasteiger charge is 2.23. The molecular formula is C12H16ClN3O2S. The Bertz CT molecular complexity index is 694. The SMILES string of the molecule is CC(C)S(=O)(=O)N(C)Cc1nc2ccc(Cl)cc2[nH]1. The van der Waals surface area contributed by atoms with Gasteiger partial charge in [-0.15, -0.1) is 0 Å². The van der Waals surface area contributed by atoms with E-state index >= 15 is 0 Å². The minimum Gasteiger partial charge on any atom is -0.341 e. The topological polar surface area (TPSA) is 66.1 Å². The summed E-state index contributed by atoms with van der Waals surface area (Å²) >= 11 is 5.89. The lowest BCUT2D eigenvalue weighted by molar-refractivity contribution is 0.452. The van der Waals surface area contributed by atoms with E-state index in [2.05, 4.69) is 9.97 Å². The minimum absolute atomic E-state index is 0.215. The number of nitrogens with zero attached hydrogens (tertiary/aromatic N) is 2. The zero-order valence-corrected chi connectivity index (χ0v) is 12.6. The van der Waals surface area contributed by atoms with Crippen LogP contribution in [0.3, 0.4) is 0 Å². The molecular weight excluding hydrogens is 286 g/mol. The predicted octanol–water partition coefficient (Wildman–Crippen LogP) is 2.39.